The predicted octanol–water partition coefficient (Wildman–Crippen LogP) is 2.53. The van der Waals surface area contributed by atoms with Crippen LogP contribution in [0.15, 0.2) is 12.3 Å². The second-order valence-electron chi connectivity index (χ2n) is 6.21. The zero-order valence-electron chi connectivity index (χ0n) is 14.3. The molecule has 1 aliphatic heterocycles. The molecule has 0 aromatic carbocycles. The van der Waals surface area contributed by atoms with E-state index in [0.717, 1.165) is 36.4 Å². The van der Waals surface area contributed by atoms with Crippen LogP contribution in [0.25, 0.3) is 0 Å². The highest BCUT2D eigenvalue weighted by atomic mass is 32.1. The van der Waals surface area contributed by atoms with Crippen molar-refractivity contribution >= 4 is 23.4 Å². The summed E-state index contributed by atoms with van der Waals surface area (Å²) in [6.07, 6.45) is 4.58. The Morgan fingerprint density at radius 2 is 2.24 bits per heavy atom. The summed E-state index contributed by atoms with van der Waals surface area (Å²) < 4.78 is 4.10. The Hall–Kier alpha value is -2.53. The number of carbonyl (C=O) groups excluding carboxylic acids is 1. The summed E-state index contributed by atoms with van der Waals surface area (Å²) in [5, 5.41) is 12.4. The first-order valence-corrected chi connectivity index (χ1v) is 9.07. The Labute approximate surface area is 150 Å². The molecular weight excluding hydrogens is 336 g/mol. The van der Waals surface area contributed by atoms with Crippen LogP contribution in [0.3, 0.4) is 0 Å². The van der Waals surface area contributed by atoms with Crippen molar-refractivity contribution in [2.24, 2.45) is 0 Å². The largest absolute Gasteiger partial charge is 0.350 e. The van der Waals surface area contributed by atoms with Crippen molar-refractivity contribution in [3.63, 3.8) is 0 Å². The molecule has 130 valence electrons. The molecule has 7 nitrogen and oxygen atoms in total. The minimum atomic E-state index is 0.0304. The molecule has 0 saturated carbocycles. The van der Waals surface area contributed by atoms with Crippen LogP contribution >= 0.6 is 11.5 Å². The smallest absolute Gasteiger partial charge is 0.256 e. The fourth-order valence-electron chi connectivity index (χ4n) is 2.99. The van der Waals surface area contributed by atoms with Gasteiger partial charge in [0.25, 0.3) is 5.91 Å². The highest BCUT2D eigenvalue weighted by molar-refractivity contribution is 7.06. The second kappa shape index (κ2) is 7.57. The van der Waals surface area contributed by atoms with Gasteiger partial charge in [-0.15, -0.1) is 0 Å². The third-order valence-electron chi connectivity index (χ3n) is 4.24. The average Bonchev–Trinajstić information content (AvgIpc) is 2.88. The van der Waals surface area contributed by atoms with Gasteiger partial charge in [0.2, 0.25) is 5.95 Å². The monoisotopic (exact) mass is 356 g/mol. The number of amides is 1. The van der Waals surface area contributed by atoms with Crippen molar-refractivity contribution < 1.29 is 4.79 Å². The molecule has 3 heterocycles. The molecule has 1 saturated heterocycles. The van der Waals surface area contributed by atoms with Gasteiger partial charge in [-0.05, 0) is 50.7 Å². The predicted molar refractivity (Wildman–Crippen MR) is 95.5 cm³/mol. The van der Waals surface area contributed by atoms with Gasteiger partial charge in [-0.25, -0.2) is 14.3 Å². The zero-order chi connectivity index (χ0) is 17.8. The summed E-state index contributed by atoms with van der Waals surface area (Å²) in [4.78, 5) is 24.2. The molecule has 1 amide bonds. The van der Waals surface area contributed by atoms with Crippen LogP contribution in [-0.2, 0) is 0 Å². The van der Waals surface area contributed by atoms with Crippen molar-refractivity contribution in [3.05, 3.63) is 34.1 Å². The van der Waals surface area contributed by atoms with E-state index in [0.29, 0.717) is 23.8 Å². The van der Waals surface area contributed by atoms with Crippen LogP contribution in [0.4, 0.5) is 5.95 Å². The van der Waals surface area contributed by atoms with Crippen LogP contribution in [0.2, 0.25) is 0 Å². The van der Waals surface area contributed by atoms with Gasteiger partial charge in [0.1, 0.15) is 11.8 Å². The number of nitrogens with zero attached hydrogens (tertiary/aromatic N) is 5. The van der Waals surface area contributed by atoms with E-state index in [9.17, 15) is 4.79 Å². The Bertz CT molecular complexity index is 812. The van der Waals surface area contributed by atoms with Gasteiger partial charge >= 0.3 is 0 Å². The van der Waals surface area contributed by atoms with E-state index in [1.807, 2.05) is 24.8 Å². The SMILES string of the molecule is Cc1cc(C#N)nc(NC2CCCCN(C(=O)c3cnsc3C)C2)n1. The van der Waals surface area contributed by atoms with E-state index in [1.165, 1.54) is 11.5 Å². The number of hydrogen-bond donors (Lipinski definition) is 1. The van der Waals surface area contributed by atoms with Crippen LogP contribution in [0.5, 0.6) is 0 Å². The van der Waals surface area contributed by atoms with Gasteiger partial charge in [0.15, 0.2) is 0 Å². The average molecular weight is 356 g/mol. The van der Waals surface area contributed by atoms with Gasteiger partial charge in [-0.2, -0.15) is 5.26 Å². The topological polar surface area (TPSA) is 94.8 Å². The highest BCUT2D eigenvalue weighted by Crippen LogP contribution is 2.19. The van der Waals surface area contributed by atoms with E-state index in [4.69, 9.17) is 5.26 Å². The highest BCUT2D eigenvalue weighted by Gasteiger charge is 2.25. The van der Waals surface area contributed by atoms with Crippen molar-refractivity contribution in [3.8, 4) is 6.07 Å². The number of carbonyl (C=O) groups is 1. The Kier molecular flexibility index (Phi) is 5.24. The Morgan fingerprint density at radius 1 is 1.40 bits per heavy atom. The third kappa shape index (κ3) is 4.12. The molecule has 25 heavy (non-hydrogen) atoms. The molecule has 1 unspecified atom stereocenters. The maximum atomic E-state index is 12.8. The molecule has 1 aliphatic rings. The lowest BCUT2D eigenvalue weighted by molar-refractivity contribution is 0.0757. The number of hydrogen-bond acceptors (Lipinski definition) is 7. The number of likely N-dealkylation sites (tertiary alicyclic amines) is 1. The van der Waals surface area contributed by atoms with E-state index >= 15 is 0 Å². The van der Waals surface area contributed by atoms with Gasteiger partial charge < -0.3 is 10.2 Å². The van der Waals surface area contributed by atoms with E-state index in [2.05, 4.69) is 19.7 Å². The normalized spacial score (nSPS) is 17.6. The standard InChI is InChI=1S/C17H20N6OS/c1-11-7-14(8-18)22-17(20-11)21-13-5-3-4-6-23(10-13)16(24)15-9-19-25-12(15)2/h7,9,13H,3-6,10H2,1-2H3,(H,20,21,22). The fourth-order valence-corrected chi connectivity index (χ4v) is 3.55. The van der Waals surface area contributed by atoms with Crippen LogP contribution < -0.4 is 5.32 Å². The maximum absolute atomic E-state index is 12.8. The second-order valence-corrected chi connectivity index (χ2v) is 7.22. The van der Waals surface area contributed by atoms with E-state index in [1.54, 1.807) is 12.3 Å². The molecule has 1 atom stereocenters. The van der Waals surface area contributed by atoms with Crippen LogP contribution in [0.1, 0.15) is 45.9 Å². The van der Waals surface area contributed by atoms with Gasteiger partial charge in [0.05, 0.1) is 11.8 Å². The number of rotatable bonds is 3. The first-order chi connectivity index (χ1) is 12.1. The summed E-state index contributed by atoms with van der Waals surface area (Å²) in [5.41, 5.74) is 1.77. The minimum absolute atomic E-state index is 0.0304. The quantitative estimate of drug-likeness (QED) is 0.908. The van der Waals surface area contributed by atoms with Crippen molar-refractivity contribution in [1.82, 2.24) is 19.2 Å². The lowest BCUT2D eigenvalue weighted by Crippen LogP contribution is -2.39. The number of aromatic nitrogens is 3. The van der Waals surface area contributed by atoms with Gasteiger partial charge in [0, 0.05) is 29.7 Å². The first-order valence-electron chi connectivity index (χ1n) is 8.29. The fraction of sp³-hybridized carbons (Fsp3) is 0.471. The summed E-state index contributed by atoms with van der Waals surface area (Å²) in [5.74, 6) is 0.479. The molecule has 1 N–H and O–H groups in total. The number of nitriles is 1. The summed E-state index contributed by atoms with van der Waals surface area (Å²) in [6.45, 7) is 5.09. The molecule has 0 bridgehead atoms. The molecule has 2 aromatic rings. The molecule has 1 fully saturated rings. The number of aryl methyl sites for hydroxylation is 2. The molecule has 2 aromatic heterocycles. The lowest BCUT2D eigenvalue weighted by atomic mass is 10.1. The summed E-state index contributed by atoms with van der Waals surface area (Å²) >= 11 is 1.35. The van der Waals surface area contributed by atoms with E-state index < -0.39 is 0 Å². The zero-order valence-corrected chi connectivity index (χ0v) is 15.1. The van der Waals surface area contributed by atoms with E-state index in [-0.39, 0.29) is 11.9 Å². The van der Waals surface area contributed by atoms with Crippen LogP contribution in [-0.4, -0.2) is 44.3 Å². The van der Waals surface area contributed by atoms with Gasteiger partial charge in [-0.1, -0.05) is 0 Å². The van der Waals surface area contributed by atoms with Crippen molar-refractivity contribution in [1.29, 1.82) is 5.26 Å². The van der Waals surface area contributed by atoms with Gasteiger partial charge in [-0.3, -0.25) is 4.79 Å². The van der Waals surface area contributed by atoms with Crippen molar-refractivity contribution in [2.75, 3.05) is 18.4 Å². The third-order valence-corrected chi connectivity index (χ3v) is 4.95. The lowest BCUT2D eigenvalue weighted by Gasteiger charge is -2.25. The van der Waals surface area contributed by atoms with Crippen molar-refractivity contribution in [2.45, 2.75) is 39.2 Å². The molecular formula is C17H20N6OS. The maximum Gasteiger partial charge on any atom is 0.256 e. The summed E-state index contributed by atoms with van der Waals surface area (Å²) in [7, 11) is 0. The molecule has 0 radical (unpaired) electrons. The number of anilines is 1. The first kappa shape index (κ1) is 17.3. The minimum Gasteiger partial charge on any atom is -0.350 e. The molecule has 8 heteroatoms. The summed E-state index contributed by atoms with van der Waals surface area (Å²) in [6, 6.07) is 3.76. The molecule has 0 spiro atoms. The molecule has 3 rings (SSSR count). The molecule has 0 aliphatic carbocycles. The van der Waals surface area contributed by atoms with Crippen LogP contribution in [0, 0.1) is 25.2 Å². The Balaban J connectivity index is 1.74. The Morgan fingerprint density at radius 3 is 2.96 bits per heavy atom. The number of nitrogens with one attached hydrogen (secondary N) is 1.